The van der Waals surface area contributed by atoms with Gasteiger partial charge < -0.3 is 14.8 Å². The number of para-hydroxylation sites is 1. The highest BCUT2D eigenvalue weighted by Gasteiger charge is 2.09. The second-order valence-electron chi connectivity index (χ2n) is 4.68. The van der Waals surface area contributed by atoms with Crippen LogP contribution < -0.4 is 14.8 Å². The molecule has 2 aromatic carbocycles. The van der Waals surface area contributed by atoms with Crippen LogP contribution in [-0.2, 0) is 6.61 Å². The summed E-state index contributed by atoms with van der Waals surface area (Å²) < 4.78 is 11.2. The number of hydrogen-bond acceptors (Lipinski definition) is 3. The monoisotopic (exact) mass is 271 g/mol. The molecule has 3 nitrogen and oxygen atoms in total. The van der Waals surface area contributed by atoms with Crippen LogP contribution in [-0.4, -0.2) is 14.2 Å². The van der Waals surface area contributed by atoms with Gasteiger partial charge in [-0.3, -0.25) is 0 Å². The van der Waals surface area contributed by atoms with Crippen molar-refractivity contribution >= 4 is 0 Å². The minimum absolute atomic E-state index is 0.302. The van der Waals surface area contributed by atoms with E-state index in [1.165, 1.54) is 5.56 Å². The maximum atomic E-state index is 5.80. The normalized spacial score (nSPS) is 11.9. The Kier molecular flexibility index (Phi) is 5.02. The summed E-state index contributed by atoms with van der Waals surface area (Å²) in [6, 6.07) is 16.3. The SMILES string of the molecule is CNC(C)c1ccc(OC)c(COc2ccccc2)c1. The molecule has 0 saturated carbocycles. The van der Waals surface area contributed by atoms with Gasteiger partial charge in [-0.15, -0.1) is 0 Å². The van der Waals surface area contributed by atoms with Crippen molar-refractivity contribution in [3.8, 4) is 11.5 Å². The van der Waals surface area contributed by atoms with Crippen LogP contribution >= 0.6 is 0 Å². The molecule has 0 saturated heterocycles. The molecule has 20 heavy (non-hydrogen) atoms. The van der Waals surface area contributed by atoms with E-state index in [0.29, 0.717) is 12.6 Å². The number of nitrogens with one attached hydrogen (secondary N) is 1. The molecule has 0 heterocycles. The van der Waals surface area contributed by atoms with Gasteiger partial charge in [0.2, 0.25) is 0 Å². The molecule has 1 unspecified atom stereocenters. The van der Waals surface area contributed by atoms with Gasteiger partial charge in [-0.25, -0.2) is 0 Å². The third-order valence-electron chi connectivity index (χ3n) is 3.38. The summed E-state index contributed by atoms with van der Waals surface area (Å²) in [6.45, 7) is 2.63. The minimum Gasteiger partial charge on any atom is -0.496 e. The molecule has 3 heteroatoms. The molecule has 2 aromatic rings. The van der Waals surface area contributed by atoms with Gasteiger partial charge in [0.25, 0.3) is 0 Å². The number of methoxy groups -OCH3 is 1. The quantitative estimate of drug-likeness (QED) is 0.871. The van der Waals surface area contributed by atoms with Crippen molar-refractivity contribution in [2.75, 3.05) is 14.2 Å². The van der Waals surface area contributed by atoms with Crippen LogP contribution in [0.5, 0.6) is 11.5 Å². The summed E-state index contributed by atoms with van der Waals surface area (Å²) in [6.07, 6.45) is 0. The Balaban J connectivity index is 2.16. The first kappa shape index (κ1) is 14.4. The van der Waals surface area contributed by atoms with E-state index < -0.39 is 0 Å². The third kappa shape index (κ3) is 3.52. The molecular weight excluding hydrogens is 250 g/mol. The number of rotatable bonds is 6. The zero-order valence-corrected chi connectivity index (χ0v) is 12.2. The maximum absolute atomic E-state index is 5.80. The average molecular weight is 271 g/mol. The smallest absolute Gasteiger partial charge is 0.125 e. The van der Waals surface area contributed by atoms with E-state index in [1.54, 1.807) is 7.11 Å². The van der Waals surface area contributed by atoms with Crippen molar-refractivity contribution in [3.63, 3.8) is 0 Å². The second kappa shape index (κ2) is 6.96. The van der Waals surface area contributed by atoms with Crippen LogP contribution in [0.3, 0.4) is 0 Å². The Morgan fingerprint density at radius 1 is 1.10 bits per heavy atom. The minimum atomic E-state index is 0.302. The molecule has 1 N–H and O–H groups in total. The molecule has 0 radical (unpaired) electrons. The van der Waals surface area contributed by atoms with Gasteiger partial charge in [0.1, 0.15) is 18.1 Å². The fourth-order valence-corrected chi connectivity index (χ4v) is 2.03. The van der Waals surface area contributed by atoms with Gasteiger partial charge in [-0.2, -0.15) is 0 Å². The molecule has 0 aromatic heterocycles. The van der Waals surface area contributed by atoms with Crippen molar-refractivity contribution < 1.29 is 9.47 Å². The van der Waals surface area contributed by atoms with Crippen LogP contribution in [0.25, 0.3) is 0 Å². The fourth-order valence-electron chi connectivity index (χ4n) is 2.03. The molecule has 0 aliphatic heterocycles. The number of benzene rings is 2. The van der Waals surface area contributed by atoms with E-state index in [9.17, 15) is 0 Å². The van der Waals surface area contributed by atoms with Gasteiger partial charge in [0, 0.05) is 11.6 Å². The lowest BCUT2D eigenvalue weighted by Crippen LogP contribution is -2.13. The second-order valence-corrected chi connectivity index (χ2v) is 4.68. The van der Waals surface area contributed by atoms with Crippen molar-refractivity contribution in [2.24, 2.45) is 0 Å². The van der Waals surface area contributed by atoms with Gasteiger partial charge in [-0.1, -0.05) is 24.3 Å². The standard InChI is InChI=1S/C17H21NO2/c1-13(18-2)14-9-10-17(19-3)15(11-14)12-20-16-7-5-4-6-8-16/h4-11,13,18H,12H2,1-3H3. The Morgan fingerprint density at radius 3 is 2.50 bits per heavy atom. The zero-order chi connectivity index (χ0) is 14.4. The lowest BCUT2D eigenvalue weighted by Gasteiger charge is -2.15. The van der Waals surface area contributed by atoms with Crippen molar-refractivity contribution in [1.82, 2.24) is 5.32 Å². The molecular formula is C17H21NO2. The van der Waals surface area contributed by atoms with Crippen LogP contribution in [0, 0.1) is 0 Å². The summed E-state index contributed by atoms with van der Waals surface area (Å²) >= 11 is 0. The molecule has 2 rings (SSSR count). The van der Waals surface area contributed by atoms with Gasteiger partial charge in [-0.05, 0) is 43.8 Å². The summed E-state index contributed by atoms with van der Waals surface area (Å²) in [7, 11) is 3.64. The first-order valence-electron chi connectivity index (χ1n) is 6.76. The number of hydrogen-bond donors (Lipinski definition) is 1. The van der Waals surface area contributed by atoms with Crippen molar-refractivity contribution in [1.29, 1.82) is 0 Å². The van der Waals surface area contributed by atoms with Crippen LogP contribution in [0.15, 0.2) is 48.5 Å². The highest BCUT2D eigenvalue weighted by Crippen LogP contribution is 2.24. The van der Waals surface area contributed by atoms with Crippen LogP contribution in [0.2, 0.25) is 0 Å². The molecule has 0 aliphatic rings. The first-order valence-corrected chi connectivity index (χ1v) is 6.76. The molecule has 0 fully saturated rings. The van der Waals surface area contributed by atoms with E-state index in [1.807, 2.05) is 43.4 Å². The molecule has 106 valence electrons. The lowest BCUT2D eigenvalue weighted by atomic mass is 10.0. The Morgan fingerprint density at radius 2 is 1.85 bits per heavy atom. The summed E-state index contributed by atoms with van der Waals surface area (Å²) in [4.78, 5) is 0. The van der Waals surface area contributed by atoms with E-state index in [-0.39, 0.29) is 0 Å². The van der Waals surface area contributed by atoms with E-state index >= 15 is 0 Å². The Hall–Kier alpha value is -2.00. The van der Waals surface area contributed by atoms with Crippen LogP contribution in [0.4, 0.5) is 0 Å². The lowest BCUT2D eigenvalue weighted by molar-refractivity contribution is 0.296. The van der Waals surface area contributed by atoms with Gasteiger partial charge in [0.05, 0.1) is 7.11 Å². The highest BCUT2D eigenvalue weighted by atomic mass is 16.5. The largest absolute Gasteiger partial charge is 0.496 e. The van der Waals surface area contributed by atoms with E-state index in [0.717, 1.165) is 17.1 Å². The summed E-state index contributed by atoms with van der Waals surface area (Å²) in [5.74, 6) is 1.72. The Labute approximate surface area is 120 Å². The predicted molar refractivity (Wildman–Crippen MR) is 81.2 cm³/mol. The average Bonchev–Trinajstić information content (AvgIpc) is 2.52. The zero-order valence-electron chi connectivity index (χ0n) is 12.2. The highest BCUT2D eigenvalue weighted by molar-refractivity contribution is 5.38. The first-order chi connectivity index (χ1) is 9.74. The molecule has 0 amide bonds. The fraction of sp³-hybridized carbons (Fsp3) is 0.294. The van der Waals surface area contributed by atoms with E-state index in [2.05, 4.69) is 24.4 Å². The van der Waals surface area contributed by atoms with Crippen molar-refractivity contribution in [2.45, 2.75) is 19.6 Å². The van der Waals surface area contributed by atoms with Crippen LogP contribution in [0.1, 0.15) is 24.1 Å². The summed E-state index contributed by atoms with van der Waals surface area (Å²) in [5.41, 5.74) is 2.27. The molecule has 0 spiro atoms. The van der Waals surface area contributed by atoms with Gasteiger partial charge >= 0.3 is 0 Å². The van der Waals surface area contributed by atoms with E-state index in [4.69, 9.17) is 9.47 Å². The number of ether oxygens (including phenoxy) is 2. The molecule has 1 atom stereocenters. The third-order valence-corrected chi connectivity index (χ3v) is 3.38. The Bertz CT molecular complexity index is 540. The summed E-state index contributed by atoms with van der Waals surface area (Å²) in [5, 5.41) is 3.24. The predicted octanol–water partition coefficient (Wildman–Crippen LogP) is 3.55. The van der Waals surface area contributed by atoms with Gasteiger partial charge in [0.15, 0.2) is 0 Å². The topological polar surface area (TPSA) is 30.5 Å². The van der Waals surface area contributed by atoms with Crippen molar-refractivity contribution in [3.05, 3.63) is 59.7 Å². The molecule has 0 aliphatic carbocycles. The molecule has 0 bridgehead atoms. The maximum Gasteiger partial charge on any atom is 0.125 e.